The highest BCUT2D eigenvalue weighted by Crippen LogP contribution is 2.22. The van der Waals surface area contributed by atoms with Gasteiger partial charge in [0.05, 0.1) is 5.56 Å². The van der Waals surface area contributed by atoms with Crippen molar-refractivity contribution < 1.29 is 14.3 Å². The molecular formula is C18H25NO3. The Bertz CT molecular complexity index is 521. The summed E-state index contributed by atoms with van der Waals surface area (Å²) in [7, 11) is 0. The smallest absolute Gasteiger partial charge is 0.338 e. The van der Waals surface area contributed by atoms with E-state index in [9.17, 15) is 9.59 Å². The highest BCUT2D eigenvalue weighted by molar-refractivity contribution is 5.92. The van der Waals surface area contributed by atoms with E-state index in [0.717, 1.165) is 5.56 Å². The number of hydrogen-bond donors (Lipinski definition) is 1. The minimum Gasteiger partial charge on any atom is -0.449 e. The summed E-state index contributed by atoms with van der Waals surface area (Å²) in [6.45, 7) is 4.21. The number of esters is 1. The van der Waals surface area contributed by atoms with Crippen molar-refractivity contribution in [2.24, 2.45) is 5.92 Å². The molecule has 1 aliphatic carbocycles. The number of carbonyl (C=O) groups excluding carboxylic acids is 2. The van der Waals surface area contributed by atoms with Crippen LogP contribution in [0.2, 0.25) is 0 Å². The SMILES string of the molecule is Cc1cccc(C(=O)OC(C)C(=O)NCC2CCCCC2)c1. The zero-order chi connectivity index (χ0) is 15.9. The second kappa shape index (κ2) is 7.97. The van der Waals surface area contributed by atoms with Gasteiger partial charge in [0.1, 0.15) is 0 Å². The molecule has 1 unspecified atom stereocenters. The summed E-state index contributed by atoms with van der Waals surface area (Å²) in [6, 6.07) is 7.17. The monoisotopic (exact) mass is 303 g/mol. The van der Waals surface area contributed by atoms with Gasteiger partial charge in [-0.3, -0.25) is 4.79 Å². The fourth-order valence-corrected chi connectivity index (χ4v) is 2.83. The van der Waals surface area contributed by atoms with Crippen LogP contribution in [0.25, 0.3) is 0 Å². The predicted octanol–water partition coefficient (Wildman–Crippen LogP) is 3.24. The summed E-state index contributed by atoms with van der Waals surface area (Å²) in [4.78, 5) is 24.0. The first-order valence-corrected chi connectivity index (χ1v) is 8.11. The van der Waals surface area contributed by atoms with Crippen molar-refractivity contribution in [1.82, 2.24) is 5.32 Å². The predicted molar refractivity (Wildman–Crippen MR) is 85.6 cm³/mol. The fraction of sp³-hybridized carbons (Fsp3) is 0.556. The molecule has 0 spiro atoms. The van der Waals surface area contributed by atoms with Gasteiger partial charge in [0.15, 0.2) is 6.10 Å². The molecule has 1 saturated carbocycles. The van der Waals surface area contributed by atoms with E-state index in [1.807, 2.05) is 13.0 Å². The number of benzene rings is 1. The van der Waals surface area contributed by atoms with E-state index in [4.69, 9.17) is 4.74 Å². The molecule has 0 aliphatic heterocycles. The van der Waals surface area contributed by atoms with Crippen molar-refractivity contribution in [3.8, 4) is 0 Å². The molecule has 1 aromatic rings. The highest BCUT2D eigenvalue weighted by Gasteiger charge is 2.20. The fourth-order valence-electron chi connectivity index (χ4n) is 2.83. The van der Waals surface area contributed by atoms with E-state index in [-0.39, 0.29) is 5.91 Å². The molecule has 22 heavy (non-hydrogen) atoms. The molecule has 4 nitrogen and oxygen atoms in total. The number of rotatable bonds is 5. The third kappa shape index (κ3) is 4.86. The van der Waals surface area contributed by atoms with Crippen LogP contribution in [-0.4, -0.2) is 24.5 Å². The minimum atomic E-state index is -0.767. The molecule has 1 amide bonds. The highest BCUT2D eigenvalue weighted by atomic mass is 16.5. The standard InChI is InChI=1S/C18H25NO3/c1-13-7-6-10-16(11-13)18(21)22-14(2)17(20)19-12-15-8-4-3-5-9-15/h6-7,10-11,14-15H,3-5,8-9,12H2,1-2H3,(H,19,20). The lowest BCUT2D eigenvalue weighted by molar-refractivity contribution is -0.129. The lowest BCUT2D eigenvalue weighted by Crippen LogP contribution is -2.38. The molecule has 4 heteroatoms. The number of amides is 1. The summed E-state index contributed by atoms with van der Waals surface area (Å²) >= 11 is 0. The molecule has 1 N–H and O–H groups in total. The molecular weight excluding hydrogens is 278 g/mol. The molecule has 0 bridgehead atoms. The van der Waals surface area contributed by atoms with Gasteiger partial charge in [-0.1, -0.05) is 37.0 Å². The molecule has 1 fully saturated rings. The maximum Gasteiger partial charge on any atom is 0.338 e. The Morgan fingerprint density at radius 1 is 1.27 bits per heavy atom. The van der Waals surface area contributed by atoms with Crippen molar-refractivity contribution in [1.29, 1.82) is 0 Å². The first kappa shape index (κ1) is 16.5. The Morgan fingerprint density at radius 2 is 2.00 bits per heavy atom. The van der Waals surface area contributed by atoms with Crippen LogP contribution in [0.1, 0.15) is 54.9 Å². The molecule has 1 atom stereocenters. The molecule has 120 valence electrons. The summed E-state index contributed by atoms with van der Waals surface area (Å²) in [5.74, 6) is -0.104. The van der Waals surface area contributed by atoms with Crippen LogP contribution in [-0.2, 0) is 9.53 Å². The van der Waals surface area contributed by atoms with Crippen LogP contribution >= 0.6 is 0 Å². The Morgan fingerprint density at radius 3 is 2.68 bits per heavy atom. The molecule has 0 aromatic heterocycles. The Labute approximate surface area is 132 Å². The summed E-state index contributed by atoms with van der Waals surface area (Å²) in [5.41, 5.74) is 1.47. The van der Waals surface area contributed by atoms with E-state index in [2.05, 4.69) is 5.32 Å². The largest absolute Gasteiger partial charge is 0.449 e. The van der Waals surface area contributed by atoms with Gasteiger partial charge >= 0.3 is 5.97 Å². The summed E-state index contributed by atoms with van der Waals surface area (Å²) in [6.07, 6.45) is 5.39. The normalized spacial score (nSPS) is 16.8. The molecule has 2 rings (SSSR count). The maximum absolute atomic E-state index is 12.0. The van der Waals surface area contributed by atoms with Crippen LogP contribution in [0, 0.1) is 12.8 Å². The Balaban J connectivity index is 1.79. The van der Waals surface area contributed by atoms with Crippen molar-refractivity contribution in [2.45, 2.75) is 52.1 Å². The molecule has 1 aliphatic rings. The summed E-state index contributed by atoms with van der Waals surface area (Å²) in [5, 5.41) is 2.90. The number of aryl methyl sites for hydroxylation is 1. The second-order valence-corrected chi connectivity index (χ2v) is 6.17. The van der Waals surface area contributed by atoms with Crippen LogP contribution in [0.4, 0.5) is 0 Å². The molecule has 0 saturated heterocycles. The zero-order valence-electron chi connectivity index (χ0n) is 13.4. The topological polar surface area (TPSA) is 55.4 Å². The van der Waals surface area contributed by atoms with Crippen molar-refractivity contribution in [3.63, 3.8) is 0 Å². The summed E-state index contributed by atoms with van der Waals surface area (Å²) < 4.78 is 5.24. The number of carbonyl (C=O) groups is 2. The van der Waals surface area contributed by atoms with Gasteiger partial charge in [-0.2, -0.15) is 0 Å². The molecule has 0 radical (unpaired) electrons. The zero-order valence-corrected chi connectivity index (χ0v) is 13.4. The van der Waals surface area contributed by atoms with Gasteiger partial charge in [-0.25, -0.2) is 4.79 Å². The molecule has 1 aromatic carbocycles. The van der Waals surface area contributed by atoms with E-state index < -0.39 is 12.1 Å². The maximum atomic E-state index is 12.0. The van der Waals surface area contributed by atoms with Crippen LogP contribution in [0.15, 0.2) is 24.3 Å². The van der Waals surface area contributed by atoms with Crippen molar-refractivity contribution >= 4 is 11.9 Å². The van der Waals surface area contributed by atoms with Crippen LogP contribution < -0.4 is 5.32 Å². The number of hydrogen-bond acceptors (Lipinski definition) is 3. The van der Waals surface area contributed by atoms with Gasteiger partial charge < -0.3 is 10.1 Å². The quantitative estimate of drug-likeness (QED) is 0.850. The van der Waals surface area contributed by atoms with E-state index in [0.29, 0.717) is 18.0 Å². The average molecular weight is 303 g/mol. The lowest BCUT2D eigenvalue weighted by atomic mass is 9.89. The lowest BCUT2D eigenvalue weighted by Gasteiger charge is -2.22. The van der Waals surface area contributed by atoms with E-state index in [1.165, 1.54) is 32.1 Å². The van der Waals surface area contributed by atoms with Gasteiger partial charge in [0.2, 0.25) is 0 Å². The van der Waals surface area contributed by atoms with Crippen molar-refractivity contribution in [3.05, 3.63) is 35.4 Å². The Kier molecular flexibility index (Phi) is 5.99. The van der Waals surface area contributed by atoms with Crippen LogP contribution in [0.5, 0.6) is 0 Å². The van der Waals surface area contributed by atoms with Gasteiger partial charge in [-0.15, -0.1) is 0 Å². The third-order valence-corrected chi connectivity index (χ3v) is 4.20. The van der Waals surface area contributed by atoms with E-state index in [1.54, 1.807) is 25.1 Å². The number of ether oxygens (including phenoxy) is 1. The third-order valence-electron chi connectivity index (χ3n) is 4.20. The van der Waals surface area contributed by atoms with Gasteiger partial charge in [0.25, 0.3) is 5.91 Å². The number of nitrogens with one attached hydrogen (secondary N) is 1. The van der Waals surface area contributed by atoms with E-state index >= 15 is 0 Å². The van der Waals surface area contributed by atoms with Gasteiger partial charge in [-0.05, 0) is 44.7 Å². The van der Waals surface area contributed by atoms with Gasteiger partial charge in [0, 0.05) is 6.54 Å². The molecule has 0 heterocycles. The van der Waals surface area contributed by atoms with Crippen molar-refractivity contribution in [2.75, 3.05) is 6.54 Å². The Hall–Kier alpha value is -1.84. The first-order chi connectivity index (χ1) is 10.6. The average Bonchev–Trinajstić information content (AvgIpc) is 2.53. The van der Waals surface area contributed by atoms with Crippen LogP contribution in [0.3, 0.4) is 0 Å². The minimum absolute atomic E-state index is 0.216. The second-order valence-electron chi connectivity index (χ2n) is 6.17. The first-order valence-electron chi connectivity index (χ1n) is 8.11.